The third-order valence-electron chi connectivity index (χ3n) is 7.10. The van der Waals surface area contributed by atoms with Crippen LogP contribution in [-0.4, -0.2) is 38.8 Å². The molecular formula is C26H34N6O. The number of likely N-dealkylation sites (tertiary alicyclic amines) is 1. The summed E-state index contributed by atoms with van der Waals surface area (Å²) in [6.07, 6.45) is 10.4. The predicted molar refractivity (Wildman–Crippen MR) is 130 cm³/mol. The molecular weight excluding hydrogens is 412 g/mol. The fraction of sp³-hybridized carbons (Fsp3) is 0.538. The Morgan fingerprint density at radius 3 is 2.64 bits per heavy atom. The van der Waals surface area contributed by atoms with Crippen LogP contribution in [0.5, 0.6) is 0 Å². The monoisotopic (exact) mass is 446 g/mol. The van der Waals surface area contributed by atoms with Crippen molar-refractivity contribution in [2.75, 3.05) is 18.4 Å². The lowest BCUT2D eigenvalue weighted by atomic mass is 9.77. The summed E-state index contributed by atoms with van der Waals surface area (Å²) >= 11 is 0. The zero-order chi connectivity index (χ0) is 23.6. The molecule has 2 N–H and O–H groups in total. The lowest BCUT2D eigenvalue weighted by Crippen LogP contribution is -2.45. The molecule has 0 bridgehead atoms. The quantitative estimate of drug-likeness (QED) is 0.654. The number of carbonyl (C=O) groups excluding carboxylic acids is 1. The number of imidazole rings is 1. The van der Waals surface area contributed by atoms with Crippen molar-refractivity contribution in [3.8, 4) is 6.07 Å². The molecule has 0 radical (unpaired) electrons. The van der Waals surface area contributed by atoms with Crippen molar-refractivity contribution in [1.29, 1.82) is 5.26 Å². The predicted octanol–water partition coefficient (Wildman–Crippen LogP) is 5.24. The number of carbonyl (C=O) groups is 1. The maximum absolute atomic E-state index is 12.8. The summed E-state index contributed by atoms with van der Waals surface area (Å²) in [5, 5.41) is 12.0. The van der Waals surface area contributed by atoms with Crippen LogP contribution < -0.4 is 5.32 Å². The van der Waals surface area contributed by atoms with E-state index in [2.05, 4.69) is 54.0 Å². The van der Waals surface area contributed by atoms with E-state index < -0.39 is 0 Å². The van der Waals surface area contributed by atoms with E-state index in [9.17, 15) is 4.79 Å². The SMILES string of the molecule is CC1(C)CC=C(c2nc(C(C)(C)N3CCCCC3)ccc2NC(=O)c2ncc(C#N)[nH]2)CC1. The van der Waals surface area contributed by atoms with Gasteiger partial charge in [0.1, 0.15) is 11.8 Å². The van der Waals surface area contributed by atoms with Crippen molar-refractivity contribution in [3.05, 3.63) is 47.3 Å². The van der Waals surface area contributed by atoms with Gasteiger partial charge in [-0.25, -0.2) is 9.97 Å². The Morgan fingerprint density at radius 2 is 2.00 bits per heavy atom. The third-order valence-corrected chi connectivity index (χ3v) is 7.10. The van der Waals surface area contributed by atoms with Crippen LogP contribution in [0.4, 0.5) is 5.69 Å². The minimum absolute atomic E-state index is 0.119. The van der Waals surface area contributed by atoms with Crippen molar-refractivity contribution in [2.24, 2.45) is 5.41 Å². The molecule has 0 saturated carbocycles. The van der Waals surface area contributed by atoms with Gasteiger partial charge in [-0.1, -0.05) is 26.3 Å². The van der Waals surface area contributed by atoms with Gasteiger partial charge in [0.2, 0.25) is 0 Å². The lowest BCUT2D eigenvalue weighted by molar-refractivity contribution is 0.0908. The highest BCUT2D eigenvalue weighted by Gasteiger charge is 2.32. The minimum atomic E-state index is -0.376. The number of hydrogen-bond acceptors (Lipinski definition) is 5. The van der Waals surface area contributed by atoms with Crippen LogP contribution >= 0.6 is 0 Å². The number of amides is 1. The number of nitrogens with zero attached hydrogens (tertiary/aromatic N) is 4. The second kappa shape index (κ2) is 9.11. The van der Waals surface area contributed by atoms with Crippen LogP contribution in [0.1, 0.15) is 93.9 Å². The lowest BCUT2D eigenvalue weighted by Gasteiger charge is -2.41. The molecule has 7 heteroatoms. The largest absolute Gasteiger partial charge is 0.326 e. The zero-order valence-electron chi connectivity index (χ0n) is 20.2. The Balaban J connectivity index is 1.69. The summed E-state index contributed by atoms with van der Waals surface area (Å²) in [4.78, 5) is 27.3. The first-order chi connectivity index (χ1) is 15.7. The van der Waals surface area contributed by atoms with Crippen molar-refractivity contribution in [3.63, 3.8) is 0 Å². The van der Waals surface area contributed by atoms with Gasteiger partial charge in [0.05, 0.1) is 28.8 Å². The second-order valence-corrected chi connectivity index (χ2v) is 10.5. The van der Waals surface area contributed by atoms with Gasteiger partial charge in [-0.15, -0.1) is 0 Å². The smallest absolute Gasteiger partial charge is 0.291 e. The number of piperidine rings is 1. The molecule has 1 aliphatic heterocycles. The molecule has 7 nitrogen and oxygen atoms in total. The number of aromatic amines is 1. The fourth-order valence-corrected chi connectivity index (χ4v) is 4.73. The molecule has 2 aliphatic rings. The molecule has 1 saturated heterocycles. The summed E-state index contributed by atoms with van der Waals surface area (Å²) < 4.78 is 0. The fourth-order valence-electron chi connectivity index (χ4n) is 4.73. The van der Waals surface area contributed by atoms with Crippen LogP contribution in [0, 0.1) is 16.7 Å². The van der Waals surface area contributed by atoms with Crippen LogP contribution in [0.3, 0.4) is 0 Å². The Bertz CT molecular complexity index is 1100. The van der Waals surface area contributed by atoms with E-state index in [1.807, 2.05) is 18.2 Å². The molecule has 0 aromatic carbocycles. The first kappa shape index (κ1) is 23.2. The molecule has 33 heavy (non-hydrogen) atoms. The van der Waals surface area contributed by atoms with Gasteiger partial charge in [0, 0.05) is 0 Å². The number of anilines is 1. The van der Waals surface area contributed by atoms with Crippen LogP contribution in [0.15, 0.2) is 24.4 Å². The maximum Gasteiger partial charge on any atom is 0.291 e. The standard InChI is InChI=1S/C26H34N6O/c1-25(2)12-10-18(11-13-25)22-20(30-24(33)23-28-17-19(16-27)29-23)8-9-21(31-22)26(3,4)32-14-6-5-7-15-32/h8-10,17H,5-7,11-15H2,1-4H3,(H,28,29)(H,30,33). The second-order valence-electron chi connectivity index (χ2n) is 10.5. The van der Waals surface area contributed by atoms with Crippen LogP contribution in [0.2, 0.25) is 0 Å². The van der Waals surface area contributed by atoms with Gasteiger partial charge in [0.15, 0.2) is 5.82 Å². The topological polar surface area (TPSA) is 97.7 Å². The molecule has 4 rings (SSSR count). The van der Waals surface area contributed by atoms with E-state index in [4.69, 9.17) is 10.2 Å². The van der Waals surface area contributed by atoms with E-state index >= 15 is 0 Å². The first-order valence-corrected chi connectivity index (χ1v) is 11.9. The number of hydrogen-bond donors (Lipinski definition) is 2. The summed E-state index contributed by atoms with van der Waals surface area (Å²) in [5.74, 6) is -0.256. The number of pyridine rings is 1. The van der Waals surface area contributed by atoms with Crippen LogP contribution in [0.25, 0.3) is 5.57 Å². The highest BCUT2D eigenvalue weighted by molar-refractivity contribution is 6.03. The maximum atomic E-state index is 12.8. The Hall–Kier alpha value is -2.98. The van der Waals surface area contributed by atoms with Gasteiger partial charge >= 0.3 is 0 Å². The van der Waals surface area contributed by atoms with E-state index in [0.717, 1.165) is 43.7 Å². The molecule has 2 aromatic heterocycles. The molecule has 2 aromatic rings. The summed E-state index contributed by atoms with van der Waals surface area (Å²) in [5.41, 5.74) is 4.07. The number of aromatic nitrogens is 3. The van der Waals surface area contributed by atoms with Gasteiger partial charge < -0.3 is 10.3 Å². The third kappa shape index (κ3) is 5.01. The molecule has 0 spiro atoms. The Morgan fingerprint density at radius 1 is 1.24 bits per heavy atom. The number of nitriles is 1. The number of nitrogens with one attached hydrogen (secondary N) is 2. The number of H-pyrrole nitrogens is 1. The molecule has 174 valence electrons. The minimum Gasteiger partial charge on any atom is -0.326 e. The number of allylic oxidation sites excluding steroid dienone is 2. The molecule has 1 amide bonds. The van der Waals surface area contributed by atoms with E-state index in [0.29, 0.717) is 5.69 Å². The zero-order valence-corrected chi connectivity index (χ0v) is 20.2. The van der Waals surface area contributed by atoms with E-state index in [-0.39, 0.29) is 28.4 Å². The van der Waals surface area contributed by atoms with Crippen molar-refractivity contribution >= 4 is 17.2 Å². The average Bonchev–Trinajstić information content (AvgIpc) is 3.30. The summed E-state index contributed by atoms with van der Waals surface area (Å²) in [6, 6.07) is 5.97. The molecule has 0 unspecified atom stereocenters. The molecule has 0 atom stereocenters. The van der Waals surface area contributed by atoms with Gasteiger partial charge in [-0.3, -0.25) is 9.69 Å². The Labute approximate surface area is 196 Å². The molecule has 3 heterocycles. The van der Waals surface area contributed by atoms with E-state index in [1.165, 1.54) is 31.0 Å². The summed E-state index contributed by atoms with van der Waals surface area (Å²) in [7, 11) is 0. The number of rotatable bonds is 5. The highest BCUT2D eigenvalue weighted by Crippen LogP contribution is 2.40. The average molecular weight is 447 g/mol. The van der Waals surface area contributed by atoms with E-state index in [1.54, 1.807) is 0 Å². The van der Waals surface area contributed by atoms with Gasteiger partial charge in [-0.05, 0) is 82.2 Å². The van der Waals surface area contributed by atoms with Gasteiger partial charge in [-0.2, -0.15) is 5.26 Å². The highest BCUT2D eigenvalue weighted by atomic mass is 16.2. The molecule has 1 aliphatic carbocycles. The van der Waals surface area contributed by atoms with Crippen molar-refractivity contribution in [2.45, 2.75) is 71.8 Å². The van der Waals surface area contributed by atoms with Crippen molar-refractivity contribution < 1.29 is 4.79 Å². The summed E-state index contributed by atoms with van der Waals surface area (Å²) in [6.45, 7) is 11.2. The Kier molecular flexibility index (Phi) is 6.40. The first-order valence-electron chi connectivity index (χ1n) is 11.9. The van der Waals surface area contributed by atoms with Crippen LogP contribution in [-0.2, 0) is 5.54 Å². The van der Waals surface area contributed by atoms with Crippen molar-refractivity contribution in [1.82, 2.24) is 19.9 Å². The van der Waals surface area contributed by atoms with Gasteiger partial charge in [0.25, 0.3) is 5.91 Å². The molecule has 1 fully saturated rings. The normalized spacial score (nSPS) is 18.9.